The standard InChI is InChI=1S/C15H25NO2/c1-4-13(8-12(9-16)10-17)15-6-5-14(18-3)7-11(15)2/h5-7,12-13,17H,4,8-10,16H2,1-3H3. The Balaban J connectivity index is 2.87. The normalized spacial score (nSPS) is 14.3. The van der Waals surface area contributed by atoms with Crippen LogP contribution in [0.2, 0.25) is 0 Å². The van der Waals surface area contributed by atoms with Gasteiger partial charge >= 0.3 is 0 Å². The predicted octanol–water partition coefficient (Wildman–Crippen LogP) is 2.45. The molecular weight excluding hydrogens is 226 g/mol. The van der Waals surface area contributed by atoms with Crippen LogP contribution < -0.4 is 10.5 Å². The van der Waals surface area contributed by atoms with Crippen molar-refractivity contribution >= 4 is 0 Å². The van der Waals surface area contributed by atoms with Gasteiger partial charge in [-0.2, -0.15) is 0 Å². The van der Waals surface area contributed by atoms with E-state index in [9.17, 15) is 5.11 Å². The van der Waals surface area contributed by atoms with Crippen LogP contribution in [0.15, 0.2) is 18.2 Å². The lowest BCUT2D eigenvalue weighted by molar-refractivity contribution is 0.214. The van der Waals surface area contributed by atoms with Crippen LogP contribution in [0.4, 0.5) is 0 Å². The van der Waals surface area contributed by atoms with Crippen molar-refractivity contribution in [3.63, 3.8) is 0 Å². The van der Waals surface area contributed by atoms with Crippen LogP contribution in [0.5, 0.6) is 5.75 Å². The van der Waals surface area contributed by atoms with E-state index in [0.29, 0.717) is 12.5 Å². The Morgan fingerprint density at radius 2 is 2.11 bits per heavy atom. The third-order valence-corrected chi connectivity index (χ3v) is 3.62. The minimum absolute atomic E-state index is 0.169. The largest absolute Gasteiger partial charge is 0.497 e. The molecule has 3 nitrogen and oxygen atoms in total. The summed E-state index contributed by atoms with van der Waals surface area (Å²) in [6.45, 7) is 5.00. The van der Waals surface area contributed by atoms with Gasteiger partial charge in [-0.25, -0.2) is 0 Å². The number of methoxy groups -OCH3 is 1. The Bertz CT molecular complexity index is 362. The van der Waals surface area contributed by atoms with Gasteiger partial charge in [0, 0.05) is 6.61 Å². The molecule has 0 heterocycles. The van der Waals surface area contributed by atoms with Crippen LogP contribution in [0, 0.1) is 12.8 Å². The van der Waals surface area contributed by atoms with Gasteiger partial charge in [-0.05, 0) is 61.4 Å². The molecule has 0 amide bonds. The van der Waals surface area contributed by atoms with E-state index in [2.05, 4.69) is 26.0 Å². The van der Waals surface area contributed by atoms with E-state index < -0.39 is 0 Å². The van der Waals surface area contributed by atoms with E-state index >= 15 is 0 Å². The van der Waals surface area contributed by atoms with Crippen molar-refractivity contribution in [1.29, 1.82) is 0 Å². The monoisotopic (exact) mass is 251 g/mol. The molecule has 1 aromatic carbocycles. The fourth-order valence-electron chi connectivity index (χ4n) is 2.39. The van der Waals surface area contributed by atoms with Crippen LogP contribution in [0.25, 0.3) is 0 Å². The van der Waals surface area contributed by atoms with Gasteiger partial charge in [-0.1, -0.05) is 13.0 Å². The lowest BCUT2D eigenvalue weighted by atomic mass is 9.85. The molecule has 2 unspecified atom stereocenters. The topological polar surface area (TPSA) is 55.5 Å². The molecule has 1 aromatic rings. The van der Waals surface area contributed by atoms with Crippen LogP contribution in [0.3, 0.4) is 0 Å². The number of hydrogen-bond donors (Lipinski definition) is 2. The highest BCUT2D eigenvalue weighted by atomic mass is 16.5. The highest BCUT2D eigenvalue weighted by Gasteiger charge is 2.17. The Kier molecular flexibility index (Phi) is 6.16. The summed E-state index contributed by atoms with van der Waals surface area (Å²) in [5, 5.41) is 9.27. The summed E-state index contributed by atoms with van der Waals surface area (Å²) in [5.74, 6) is 1.54. The molecule has 0 bridgehead atoms. The van der Waals surface area contributed by atoms with Crippen LogP contribution >= 0.6 is 0 Å². The van der Waals surface area contributed by atoms with E-state index in [4.69, 9.17) is 10.5 Å². The minimum Gasteiger partial charge on any atom is -0.497 e. The zero-order chi connectivity index (χ0) is 13.5. The molecule has 0 aliphatic carbocycles. The molecule has 0 aliphatic heterocycles. The molecule has 0 saturated carbocycles. The van der Waals surface area contributed by atoms with E-state index in [0.717, 1.165) is 18.6 Å². The maximum atomic E-state index is 9.27. The smallest absolute Gasteiger partial charge is 0.119 e. The lowest BCUT2D eigenvalue weighted by Gasteiger charge is -2.22. The average Bonchev–Trinajstić information content (AvgIpc) is 2.41. The molecule has 18 heavy (non-hydrogen) atoms. The zero-order valence-electron chi connectivity index (χ0n) is 11.6. The summed E-state index contributed by atoms with van der Waals surface area (Å²) in [6.07, 6.45) is 2.00. The number of aliphatic hydroxyl groups excluding tert-OH is 1. The Hall–Kier alpha value is -1.06. The van der Waals surface area contributed by atoms with E-state index in [1.165, 1.54) is 11.1 Å². The summed E-state index contributed by atoms with van der Waals surface area (Å²) < 4.78 is 5.23. The maximum absolute atomic E-state index is 9.27. The fraction of sp³-hybridized carbons (Fsp3) is 0.600. The fourth-order valence-corrected chi connectivity index (χ4v) is 2.39. The third kappa shape index (κ3) is 3.72. The second kappa shape index (κ2) is 7.39. The molecule has 3 heteroatoms. The molecule has 0 aromatic heterocycles. The van der Waals surface area contributed by atoms with Gasteiger partial charge in [0.15, 0.2) is 0 Å². The summed E-state index contributed by atoms with van der Waals surface area (Å²) in [7, 11) is 1.68. The van der Waals surface area contributed by atoms with Crippen molar-refractivity contribution in [1.82, 2.24) is 0 Å². The zero-order valence-corrected chi connectivity index (χ0v) is 11.6. The highest BCUT2D eigenvalue weighted by Crippen LogP contribution is 2.31. The van der Waals surface area contributed by atoms with Gasteiger partial charge in [0.05, 0.1) is 7.11 Å². The molecule has 0 aliphatic rings. The number of ether oxygens (including phenoxy) is 1. The first-order chi connectivity index (χ1) is 8.65. The van der Waals surface area contributed by atoms with Crippen molar-refractivity contribution < 1.29 is 9.84 Å². The van der Waals surface area contributed by atoms with Crippen LogP contribution in [0.1, 0.15) is 36.8 Å². The lowest BCUT2D eigenvalue weighted by Crippen LogP contribution is -2.21. The average molecular weight is 251 g/mol. The van der Waals surface area contributed by atoms with Crippen molar-refractivity contribution in [2.45, 2.75) is 32.6 Å². The summed E-state index contributed by atoms with van der Waals surface area (Å²) >= 11 is 0. The van der Waals surface area contributed by atoms with Crippen LogP contribution in [-0.4, -0.2) is 25.4 Å². The number of nitrogens with two attached hydrogens (primary N) is 1. The second-order valence-electron chi connectivity index (χ2n) is 4.85. The Morgan fingerprint density at radius 3 is 2.56 bits per heavy atom. The SMILES string of the molecule is CCC(CC(CN)CO)c1ccc(OC)cc1C. The van der Waals surface area contributed by atoms with Gasteiger partial charge in [0.25, 0.3) is 0 Å². The quantitative estimate of drug-likeness (QED) is 0.782. The molecular formula is C15H25NO2. The van der Waals surface area contributed by atoms with Crippen LogP contribution in [-0.2, 0) is 0 Å². The van der Waals surface area contributed by atoms with Crippen molar-refractivity contribution in [3.05, 3.63) is 29.3 Å². The first-order valence-electron chi connectivity index (χ1n) is 6.61. The number of aryl methyl sites for hydroxylation is 1. The van der Waals surface area contributed by atoms with E-state index in [-0.39, 0.29) is 12.5 Å². The first-order valence-corrected chi connectivity index (χ1v) is 6.61. The molecule has 0 spiro atoms. The molecule has 0 saturated heterocycles. The first kappa shape index (κ1) is 15.0. The van der Waals surface area contributed by atoms with Crippen molar-refractivity contribution in [2.75, 3.05) is 20.3 Å². The Labute approximate surface area is 110 Å². The number of aliphatic hydroxyl groups is 1. The predicted molar refractivity (Wildman–Crippen MR) is 75.0 cm³/mol. The highest BCUT2D eigenvalue weighted by molar-refractivity contribution is 5.36. The number of benzene rings is 1. The minimum atomic E-state index is 0.169. The summed E-state index contributed by atoms with van der Waals surface area (Å²) in [4.78, 5) is 0. The number of hydrogen-bond acceptors (Lipinski definition) is 3. The summed E-state index contributed by atoms with van der Waals surface area (Å²) in [5.41, 5.74) is 8.25. The summed E-state index contributed by atoms with van der Waals surface area (Å²) in [6, 6.07) is 6.20. The second-order valence-corrected chi connectivity index (χ2v) is 4.85. The maximum Gasteiger partial charge on any atom is 0.119 e. The molecule has 102 valence electrons. The molecule has 0 radical (unpaired) electrons. The molecule has 1 rings (SSSR count). The van der Waals surface area contributed by atoms with Gasteiger partial charge in [0.2, 0.25) is 0 Å². The van der Waals surface area contributed by atoms with Gasteiger partial charge < -0.3 is 15.6 Å². The molecule has 0 fully saturated rings. The van der Waals surface area contributed by atoms with Gasteiger partial charge in [0.1, 0.15) is 5.75 Å². The van der Waals surface area contributed by atoms with Crippen molar-refractivity contribution in [3.8, 4) is 5.75 Å². The van der Waals surface area contributed by atoms with E-state index in [1.54, 1.807) is 7.11 Å². The molecule has 2 atom stereocenters. The Morgan fingerprint density at radius 1 is 1.39 bits per heavy atom. The van der Waals surface area contributed by atoms with Crippen molar-refractivity contribution in [2.24, 2.45) is 11.7 Å². The third-order valence-electron chi connectivity index (χ3n) is 3.62. The van der Waals surface area contributed by atoms with E-state index in [1.807, 2.05) is 6.07 Å². The van der Waals surface area contributed by atoms with Gasteiger partial charge in [-0.3, -0.25) is 0 Å². The van der Waals surface area contributed by atoms with Gasteiger partial charge in [-0.15, -0.1) is 0 Å². The molecule has 3 N–H and O–H groups in total. The number of rotatable bonds is 7.